The molecule has 3 fully saturated rings. The van der Waals surface area contributed by atoms with E-state index in [9.17, 15) is 14.4 Å². The molecule has 2 heterocycles. The van der Waals surface area contributed by atoms with Crippen LogP contribution in [0.15, 0.2) is 30.3 Å². The van der Waals surface area contributed by atoms with Crippen molar-refractivity contribution < 1.29 is 14.4 Å². The Morgan fingerprint density at radius 2 is 1.94 bits per heavy atom. The summed E-state index contributed by atoms with van der Waals surface area (Å²) in [6.45, 7) is 3.92. The number of hydrogen-bond donors (Lipinski definition) is 3. The van der Waals surface area contributed by atoms with Gasteiger partial charge in [0.25, 0.3) is 0 Å². The first-order valence-corrected chi connectivity index (χ1v) is 11.8. The van der Waals surface area contributed by atoms with Crippen molar-refractivity contribution >= 4 is 17.7 Å². The van der Waals surface area contributed by atoms with Crippen LogP contribution in [0.3, 0.4) is 0 Å². The number of fused-ring (bicyclic) bond motifs is 1. The van der Waals surface area contributed by atoms with E-state index in [0.717, 1.165) is 38.8 Å². The summed E-state index contributed by atoms with van der Waals surface area (Å²) < 4.78 is 0. The summed E-state index contributed by atoms with van der Waals surface area (Å²) in [5.74, 6) is -0.168. The van der Waals surface area contributed by atoms with E-state index in [2.05, 4.69) is 21.0 Å². The lowest BCUT2D eigenvalue weighted by Gasteiger charge is -2.43. The zero-order chi connectivity index (χ0) is 22.7. The molecular weight excluding hydrogens is 406 g/mol. The van der Waals surface area contributed by atoms with Gasteiger partial charge in [-0.2, -0.15) is 0 Å². The summed E-state index contributed by atoms with van der Waals surface area (Å²) in [5.41, 5.74) is 0.604. The van der Waals surface area contributed by atoms with Crippen LogP contribution in [0.4, 0.5) is 0 Å². The third-order valence-electron chi connectivity index (χ3n) is 7.24. The lowest BCUT2D eigenvalue weighted by atomic mass is 9.97. The highest BCUT2D eigenvalue weighted by molar-refractivity contribution is 5.93. The molecule has 4 atom stereocenters. The van der Waals surface area contributed by atoms with E-state index in [1.807, 2.05) is 37.3 Å². The molecule has 8 heteroatoms. The molecule has 1 aromatic rings. The molecule has 3 aliphatic rings. The molecule has 3 amide bonds. The van der Waals surface area contributed by atoms with Crippen molar-refractivity contribution in [3.63, 3.8) is 0 Å². The van der Waals surface area contributed by atoms with Gasteiger partial charge in [-0.15, -0.1) is 0 Å². The van der Waals surface area contributed by atoms with E-state index in [4.69, 9.17) is 0 Å². The summed E-state index contributed by atoms with van der Waals surface area (Å²) in [6, 6.07) is 9.13. The summed E-state index contributed by atoms with van der Waals surface area (Å²) in [5, 5.41) is 12.8. The minimum atomic E-state index is -0.572. The minimum absolute atomic E-state index is 0.000296. The molecule has 4 rings (SSSR count). The van der Waals surface area contributed by atoms with E-state index in [1.54, 1.807) is 12.1 Å². The second kappa shape index (κ2) is 9.58. The maximum Gasteiger partial charge on any atom is 0.245 e. The minimum Gasteiger partial charge on any atom is -0.354 e. The molecule has 0 radical (unpaired) electrons. The average Bonchev–Trinajstić information content (AvgIpc) is 3.53. The zero-order valence-corrected chi connectivity index (χ0v) is 19.1. The van der Waals surface area contributed by atoms with E-state index in [1.165, 1.54) is 5.56 Å². The third kappa shape index (κ3) is 4.52. The van der Waals surface area contributed by atoms with Gasteiger partial charge in [0, 0.05) is 25.7 Å². The molecular formula is C24H35N5O3. The highest BCUT2D eigenvalue weighted by Gasteiger charge is 2.64. The van der Waals surface area contributed by atoms with Crippen LogP contribution in [0.1, 0.15) is 44.6 Å². The van der Waals surface area contributed by atoms with Gasteiger partial charge in [-0.1, -0.05) is 30.3 Å². The van der Waals surface area contributed by atoms with Gasteiger partial charge in [-0.3, -0.25) is 19.4 Å². The summed E-state index contributed by atoms with van der Waals surface area (Å²) in [7, 11) is 1.75. The average molecular weight is 442 g/mol. The van der Waals surface area contributed by atoms with E-state index in [0.29, 0.717) is 19.4 Å². The number of hydrazine groups is 1. The van der Waals surface area contributed by atoms with Gasteiger partial charge in [-0.05, 0) is 58.1 Å². The summed E-state index contributed by atoms with van der Waals surface area (Å²) in [6.07, 6.45) is 4.62. The molecule has 1 saturated carbocycles. The van der Waals surface area contributed by atoms with Gasteiger partial charge >= 0.3 is 0 Å². The van der Waals surface area contributed by atoms with Gasteiger partial charge in [0.05, 0.1) is 11.5 Å². The molecule has 174 valence electrons. The van der Waals surface area contributed by atoms with Crippen LogP contribution in [0.25, 0.3) is 0 Å². The van der Waals surface area contributed by atoms with E-state index >= 15 is 0 Å². The number of rotatable bonds is 7. The molecule has 0 aromatic heterocycles. The van der Waals surface area contributed by atoms with E-state index in [-0.39, 0.29) is 29.8 Å². The first kappa shape index (κ1) is 22.7. The molecule has 1 aliphatic carbocycles. The number of carbonyl (C=O) groups excluding carboxylic acids is 3. The Morgan fingerprint density at radius 3 is 2.69 bits per heavy atom. The van der Waals surface area contributed by atoms with Gasteiger partial charge in [0.15, 0.2) is 0 Å². The molecule has 1 spiro atoms. The largest absolute Gasteiger partial charge is 0.354 e. The molecule has 1 unspecified atom stereocenters. The van der Waals surface area contributed by atoms with Crippen molar-refractivity contribution in [1.82, 2.24) is 26.0 Å². The molecule has 2 saturated heterocycles. The van der Waals surface area contributed by atoms with Crippen LogP contribution in [0.5, 0.6) is 0 Å². The van der Waals surface area contributed by atoms with Crippen LogP contribution in [-0.4, -0.2) is 72.5 Å². The Labute approximate surface area is 190 Å². The number of amides is 3. The molecule has 3 N–H and O–H groups in total. The first-order chi connectivity index (χ1) is 15.5. The number of nitrogens with one attached hydrogen (secondary N) is 3. The Balaban J connectivity index is 1.42. The number of carbonyl (C=O) groups is 3. The predicted molar refractivity (Wildman–Crippen MR) is 121 cm³/mol. The third-order valence-corrected chi connectivity index (χ3v) is 7.24. The number of nitrogens with zero attached hydrogens (tertiary/aromatic N) is 2. The Hall–Kier alpha value is -2.45. The zero-order valence-electron chi connectivity index (χ0n) is 19.1. The fourth-order valence-electron chi connectivity index (χ4n) is 5.07. The smallest absolute Gasteiger partial charge is 0.245 e. The SMILES string of the molecule is CN[C@@H](C)C(=O)N[C@@H]1CC12CCCN1CCC[C@@H](C(=O)NCCc3ccccc3)N1C2=O. The van der Waals surface area contributed by atoms with Crippen LogP contribution < -0.4 is 16.0 Å². The second-order valence-electron chi connectivity index (χ2n) is 9.32. The Morgan fingerprint density at radius 1 is 1.19 bits per heavy atom. The fourth-order valence-corrected chi connectivity index (χ4v) is 5.07. The monoisotopic (exact) mass is 441 g/mol. The van der Waals surface area contributed by atoms with Gasteiger partial charge in [0.1, 0.15) is 6.04 Å². The summed E-state index contributed by atoms with van der Waals surface area (Å²) >= 11 is 0. The van der Waals surface area contributed by atoms with Crippen LogP contribution in [0, 0.1) is 5.41 Å². The van der Waals surface area contributed by atoms with Crippen molar-refractivity contribution in [1.29, 1.82) is 0 Å². The van der Waals surface area contributed by atoms with Gasteiger partial charge in [0.2, 0.25) is 17.7 Å². The number of benzene rings is 1. The molecule has 8 nitrogen and oxygen atoms in total. The van der Waals surface area contributed by atoms with Crippen molar-refractivity contribution in [2.45, 2.75) is 63.6 Å². The quantitative estimate of drug-likeness (QED) is 0.583. The van der Waals surface area contributed by atoms with Crippen LogP contribution in [-0.2, 0) is 20.8 Å². The number of hydrogen-bond acceptors (Lipinski definition) is 5. The maximum atomic E-state index is 13.7. The topological polar surface area (TPSA) is 93.8 Å². The van der Waals surface area contributed by atoms with Crippen LogP contribution in [0.2, 0.25) is 0 Å². The highest BCUT2D eigenvalue weighted by Crippen LogP contribution is 2.53. The lowest BCUT2D eigenvalue weighted by molar-refractivity contribution is -0.170. The van der Waals surface area contributed by atoms with Crippen molar-refractivity contribution in [2.75, 3.05) is 26.7 Å². The Kier molecular flexibility index (Phi) is 6.81. The normalized spacial score (nSPS) is 28.6. The molecule has 32 heavy (non-hydrogen) atoms. The molecule has 1 aromatic carbocycles. The van der Waals surface area contributed by atoms with Gasteiger partial charge in [-0.25, -0.2) is 5.01 Å². The van der Waals surface area contributed by atoms with Crippen molar-refractivity contribution in [3.8, 4) is 0 Å². The van der Waals surface area contributed by atoms with E-state index < -0.39 is 11.5 Å². The summed E-state index contributed by atoms with van der Waals surface area (Å²) in [4.78, 5) is 39.2. The van der Waals surface area contributed by atoms with Gasteiger partial charge < -0.3 is 16.0 Å². The number of likely N-dealkylation sites (N-methyl/N-ethyl adjacent to an activating group) is 1. The van der Waals surface area contributed by atoms with Crippen LogP contribution >= 0.6 is 0 Å². The molecule has 2 aliphatic heterocycles. The first-order valence-electron chi connectivity index (χ1n) is 11.8. The Bertz CT molecular complexity index is 847. The second-order valence-corrected chi connectivity index (χ2v) is 9.32. The standard InChI is InChI=1S/C24H35N5O3/c1-17(25-2)21(30)27-20-16-24(20)12-7-15-28-14-6-10-19(29(28)23(24)32)22(31)26-13-11-18-8-4-3-5-9-18/h3-5,8-9,17,19-20,25H,6-7,10-16H2,1-2H3,(H,26,31)(H,27,30)/t17-,19-,20+,24?/m0/s1. The molecule has 0 bridgehead atoms. The van der Waals surface area contributed by atoms with Crippen molar-refractivity contribution in [3.05, 3.63) is 35.9 Å². The fraction of sp³-hybridized carbons (Fsp3) is 0.625. The van der Waals surface area contributed by atoms with Crippen molar-refractivity contribution in [2.24, 2.45) is 5.41 Å². The maximum absolute atomic E-state index is 13.7. The predicted octanol–water partition coefficient (Wildman–Crippen LogP) is 0.830. The highest BCUT2D eigenvalue weighted by atomic mass is 16.2. The lowest BCUT2D eigenvalue weighted by Crippen LogP contribution is -2.61.